The highest BCUT2D eigenvalue weighted by atomic mass is 35.5. The van der Waals surface area contributed by atoms with Gasteiger partial charge in [0.25, 0.3) is 5.91 Å². The number of hydrogen-bond acceptors (Lipinski definition) is 6. The van der Waals surface area contributed by atoms with Gasteiger partial charge in [-0.3, -0.25) is 9.59 Å². The number of hydrogen-bond donors (Lipinski definition) is 3. The highest BCUT2D eigenvalue weighted by molar-refractivity contribution is 6.32. The third-order valence-corrected chi connectivity index (χ3v) is 8.08. The predicted molar refractivity (Wildman–Crippen MR) is 183 cm³/mol. The molecule has 3 N–H and O–H groups in total. The Morgan fingerprint density at radius 2 is 1.57 bits per heavy atom. The van der Waals surface area contributed by atoms with E-state index in [0.717, 1.165) is 40.8 Å². The molecule has 0 aliphatic rings. The van der Waals surface area contributed by atoms with Crippen molar-refractivity contribution in [3.05, 3.63) is 94.0 Å². The number of amides is 2. The zero-order valence-corrected chi connectivity index (χ0v) is 28.5. The molecule has 0 spiro atoms. The quantitative estimate of drug-likeness (QED) is 0.142. The van der Waals surface area contributed by atoms with E-state index in [4.69, 9.17) is 20.8 Å². The number of halogens is 1. The van der Waals surface area contributed by atoms with Gasteiger partial charge in [-0.2, -0.15) is 0 Å². The first-order chi connectivity index (χ1) is 21.7. The molecule has 0 radical (unpaired) electrons. The summed E-state index contributed by atoms with van der Waals surface area (Å²) in [6.45, 7) is 13.0. The van der Waals surface area contributed by atoms with Gasteiger partial charge < -0.3 is 24.9 Å². The fraction of sp³-hybridized carbons (Fsp3) is 0.378. The molecule has 2 amide bonds. The van der Waals surface area contributed by atoms with Gasteiger partial charge in [0, 0.05) is 24.2 Å². The molecule has 0 bridgehead atoms. The van der Waals surface area contributed by atoms with Crippen LogP contribution >= 0.6 is 11.6 Å². The molecule has 46 heavy (non-hydrogen) atoms. The van der Waals surface area contributed by atoms with E-state index in [1.807, 2.05) is 36.4 Å². The fourth-order valence-electron chi connectivity index (χ4n) is 5.22. The molecule has 0 fully saturated rings. The van der Waals surface area contributed by atoms with Crippen LogP contribution in [0.3, 0.4) is 0 Å². The Hall–Kier alpha value is -4.30. The molecule has 4 rings (SSSR count). The molecule has 4 aromatic rings. The summed E-state index contributed by atoms with van der Waals surface area (Å²) >= 11 is 6.23. The Morgan fingerprint density at radius 3 is 2.15 bits per heavy atom. The average Bonchev–Trinajstić information content (AvgIpc) is 3.48. The van der Waals surface area contributed by atoms with Crippen LogP contribution in [0.2, 0.25) is 5.02 Å². The van der Waals surface area contributed by atoms with E-state index in [-0.39, 0.29) is 28.3 Å². The summed E-state index contributed by atoms with van der Waals surface area (Å²) in [5.74, 6) is 0.816. The number of phenolic OH excluding ortho intramolecular Hbond substituents is 1. The molecule has 244 valence electrons. The molecule has 0 saturated carbocycles. The molecular weight excluding hydrogens is 602 g/mol. The van der Waals surface area contributed by atoms with Crippen LogP contribution in [-0.2, 0) is 28.5 Å². The molecule has 1 aromatic heterocycles. The summed E-state index contributed by atoms with van der Waals surface area (Å²) in [7, 11) is 1.53. The molecule has 0 saturated heterocycles. The number of aromatic hydroxyl groups is 1. The lowest BCUT2D eigenvalue weighted by Gasteiger charge is -2.28. The number of oxazole rings is 1. The smallest absolute Gasteiger partial charge is 0.273 e. The number of rotatable bonds is 11. The monoisotopic (exact) mass is 645 g/mol. The minimum atomic E-state index is -0.328. The summed E-state index contributed by atoms with van der Waals surface area (Å²) in [5, 5.41) is 17.3. The number of benzene rings is 3. The number of methoxy groups -OCH3 is 1. The van der Waals surface area contributed by atoms with Gasteiger partial charge in [0.15, 0.2) is 17.8 Å². The first-order valence-electron chi connectivity index (χ1n) is 15.5. The molecule has 0 aliphatic heterocycles. The van der Waals surface area contributed by atoms with E-state index < -0.39 is 0 Å². The molecule has 0 aliphatic carbocycles. The third kappa shape index (κ3) is 8.69. The predicted octanol–water partition coefficient (Wildman–Crippen LogP) is 8.24. The Bertz CT molecular complexity index is 1650. The minimum Gasteiger partial charge on any atom is -0.507 e. The van der Waals surface area contributed by atoms with Gasteiger partial charge in [-0.15, -0.1) is 0 Å². The van der Waals surface area contributed by atoms with E-state index in [9.17, 15) is 14.7 Å². The second kappa shape index (κ2) is 14.4. The molecule has 0 unspecified atom stereocenters. The maximum absolute atomic E-state index is 12.8. The molecule has 8 nitrogen and oxygen atoms in total. The number of nitrogens with zero attached hydrogens (tertiary/aromatic N) is 1. The van der Waals surface area contributed by atoms with Crippen molar-refractivity contribution in [3.63, 3.8) is 0 Å². The average molecular weight is 646 g/mol. The summed E-state index contributed by atoms with van der Waals surface area (Å²) in [5.41, 5.74) is 5.04. The van der Waals surface area contributed by atoms with Gasteiger partial charge >= 0.3 is 0 Å². The van der Waals surface area contributed by atoms with Crippen molar-refractivity contribution in [2.45, 2.75) is 78.1 Å². The number of anilines is 1. The van der Waals surface area contributed by atoms with E-state index in [1.165, 1.54) is 13.5 Å². The standard InChI is InChI=1S/C37H44ClN3O5/c1-36(2,3)27-19-24(20-28(33(27)43)37(4,5)6)12-17-31(42)41-26-14-10-23(11-15-26)9-8-18-39-35(44)32-34(46-22-40-32)25-13-16-30(45-7)29(38)21-25/h10-11,13-16,19-22,43H,8-9,12,17-18H2,1-7H3,(H,39,44)(H,41,42). The second-order valence-corrected chi connectivity index (χ2v) is 13.9. The highest BCUT2D eigenvalue weighted by Gasteiger charge is 2.26. The molecule has 9 heteroatoms. The number of carbonyl (C=O) groups is 2. The van der Waals surface area contributed by atoms with E-state index in [0.29, 0.717) is 47.2 Å². The van der Waals surface area contributed by atoms with Crippen molar-refractivity contribution < 1.29 is 23.8 Å². The zero-order valence-electron chi connectivity index (χ0n) is 27.7. The van der Waals surface area contributed by atoms with Crippen molar-refractivity contribution in [3.8, 4) is 22.8 Å². The second-order valence-electron chi connectivity index (χ2n) is 13.5. The maximum Gasteiger partial charge on any atom is 0.273 e. The molecular formula is C37H44ClN3O5. The first kappa shape index (κ1) is 34.6. The topological polar surface area (TPSA) is 114 Å². The zero-order chi connectivity index (χ0) is 33.6. The van der Waals surface area contributed by atoms with Gasteiger partial charge in [0.1, 0.15) is 11.5 Å². The Morgan fingerprint density at radius 1 is 0.913 bits per heavy atom. The maximum atomic E-state index is 12.8. The molecule has 3 aromatic carbocycles. The molecule has 0 atom stereocenters. The normalized spacial score (nSPS) is 11.7. The first-order valence-corrected chi connectivity index (χ1v) is 15.9. The van der Waals surface area contributed by atoms with Gasteiger partial charge in [0.05, 0.1) is 12.1 Å². The lowest BCUT2D eigenvalue weighted by atomic mass is 9.78. The summed E-state index contributed by atoms with van der Waals surface area (Å²) in [6.07, 6.45) is 3.62. The van der Waals surface area contributed by atoms with Crippen molar-refractivity contribution in [2.24, 2.45) is 0 Å². The van der Waals surface area contributed by atoms with Gasteiger partial charge in [-0.1, -0.05) is 77.4 Å². The van der Waals surface area contributed by atoms with Crippen LogP contribution in [0.15, 0.2) is 65.4 Å². The van der Waals surface area contributed by atoms with Crippen LogP contribution in [0.1, 0.15) is 87.1 Å². The van der Waals surface area contributed by atoms with Crippen LogP contribution in [-0.4, -0.2) is 35.6 Å². The number of nitrogens with one attached hydrogen (secondary N) is 2. The third-order valence-electron chi connectivity index (χ3n) is 7.79. The van der Waals surface area contributed by atoms with Crippen LogP contribution < -0.4 is 15.4 Å². The van der Waals surface area contributed by atoms with Crippen LogP contribution in [0.5, 0.6) is 11.5 Å². The Kier molecular flexibility index (Phi) is 10.8. The van der Waals surface area contributed by atoms with Crippen molar-refractivity contribution in [1.82, 2.24) is 10.3 Å². The van der Waals surface area contributed by atoms with E-state index >= 15 is 0 Å². The highest BCUT2D eigenvalue weighted by Crippen LogP contribution is 2.40. The van der Waals surface area contributed by atoms with Crippen molar-refractivity contribution in [1.29, 1.82) is 0 Å². The minimum absolute atomic E-state index is 0.0673. The number of aromatic nitrogens is 1. The van der Waals surface area contributed by atoms with Crippen molar-refractivity contribution in [2.75, 3.05) is 19.0 Å². The lowest BCUT2D eigenvalue weighted by Crippen LogP contribution is -2.25. The lowest BCUT2D eigenvalue weighted by molar-refractivity contribution is -0.116. The van der Waals surface area contributed by atoms with Crippen LogP contribution in [0, 0.1) is 0 Å². The van der Waals surface area contributed by atoms with Gasteiger partial charge in [-0.05, 0) is 82.7 Å². The largest absolute Gasteiger partial charge is 0.507 e. The van der Waals surface area contributed by atoms with Gasteiger partial charge in [-0.25, -0.2) is 4.98 Å². The fourth-order valence-corrected chi connectivity index (χ4v) is 5.47. The Labute approximate surface area is 276 Å². The number of phenols is 1. The summed E-state index contributed by atoms with van der Waals surface area (Å²) in [6, 6.07) is 16.9. The summed E-state index contributed by atoms with van der Waals surface area (Å²) < 4.78 is 10.7. The Balaban J connectivity index is 1.26. The van der Waals surface area contributed by atoms with Crippen molar-refractivity contribution >= 4 is 29.1 Å². The van der Waals surface area contributed by atoms with Crippen LogP contribution in [0.25, 0.3) is 11.3 Å². The van der Waals surface area contributed by atoms with Crippen LogP contribution in [0.4, 0.5) is 5.69 Å². The van der Waals surface area contributed by atoms with Gasteiger partial charge in [0.2, 0.25) is 5.91 Å². The number of carbonyl (C=O) groups excluding carboxylic acids is 2. The SMILES string of the molecule is COc1ccc(-c2ocnc2C(=O)NCCCc2ccc(NC(=O)CCc3cc(C(C)(C)C)c(O)c(C(C)(C)C)c3)cc2)cc1Cl. The number of ether oxygens (including phenoxy) is 1. The molecule has 1 heterocycles. The number of aryl methyl sites for hydroxylation is 2. The summed E-state index contributed by atoms with van der Waals surface area (Å²) in [4.78, 5) is 29.7. The van der Waals surface area contributed by atoms with E-state index in [2.05, 4.69) is 57.2 Å². The van der Waals surface area contributed by atoms with E-state index in [1.54, 1.807) is 18.2 Å².